The van der Waals surface area contributed by atoms with Gasteiger partial charge in [0, 0.05) is 19.1 Å². The lowest BCUT2D eigenvalue weighted by Crippen LogP contribution is -2.46. The van der Waals surface area contributed by atoms with Crippen molar-refractivity contribution in [1.82, 2.24) is 9.80 Å². The highest BCUT2D eigenvalue weighted by Crippen LogP contribution is 2.17. The maximum Gasteiger partial charge on any atom is 0.304 e. The van der Waals surface area contributed by atoms with E-state index >= 15 is 0 Å². The Kier molecular flexibility index (Phi) is 4.99. The van der Waals surface area contributed by atoms with Crippen molar-refractivity contribution in [3.8, 4) is 0 Å². The van der Waals surface area contributed by atoms with Crippen LogP contribution in [0.2, 0.25) is 0 Å². The summed E-state index contributed by atoms with van der Waals surface area (Å²) < 4.78 is 5.38. The first-order valence-electron chi connectivity index (χ1n) is 6.82. The van der Waals surface area contributed by atoms with E-state index in [1.807, 2.05) is 19.2 Å². The van der Waals surface area contributed by atoms with E-state index in [-0.39, 0.29) is 6.42 Å². The lowest BCUT2D eigenvalue weighted by molar-refractivity contribution is -0.137. The minimum atomic E-state index is -0.727. The van der Waals surface area contributed by atoms with Crippen LogP contribution in [0.3, 0.4) is 0 Å². The summed E-state index contributed by atoms with van der Waals surface area (Å²) >= 11 is 0. The molecule has 1 aromatic rings. The summed E-state index contributed by atoms with van der Waals surface area (Å²) in [5, 5.41) is 8.73. The fraction of sp³-hybridized carbons (Fsp3) is 0.643. The maximum absolute atomic E-state index is 10.6. The number of aliphatic carboxylic acids is 1. The smallest absolute Gasteiger partial charge is 0.304 e. The molecular weight excluding hydrogens is 244 g/mol. The minimum Gasteiger partial charge on any atom is -0.481 e. The molecule has 106 valence electrons. The normalized spacial score (nSPS) is 20.8. The zero-order valence-electron chi connectivity index (χ0n) is 11.4. The van der Waals surface area contributed by atoms with Crippen molar-refractivity contribution in [1.29, 1.82) is 0 Å². The van der Waals surface area contributed by atoms with Crippen molar-refractivity contribution in [3.05, 3.63) is 24.2 Å². The summed E-state index contributed by atoms with van der Waals surface area (Å²) in [4.78, 5) is 15.2. The Morgan fingerprint density at radius 3 is 3.16 bits per heavy atom. The number of hydrogen-bond donors (Lipinski definition) is 1. The van der Waals surface area contributed by atoms with Gasteiger partial charge in [-0.1, -0.05) is 0 Å². The van der Waals surface area contributed by atoms with Gasteiger partial charge in [0.25, 0.3) is 0 Å². The van der Waals surface area contributed by atoms with Gasteiger partial charge in [-0.25, -0.2) is 0 Å². The average molecular weight is 266 g/mol. The average Bonchev–Trinajstić information content (AvgIpc) is 2.89. The second-order valence-corrected chi connectivity index (χ2v) is 5.23. The van der Waals surface area contributed by atoms with Crippen molar-refractivity contribution in [2.24, 2.45) is 0 Å². The summed E-state index contributed by atoms with van der Waals surface area (Å²) in [5.41, 5.74) is 0. The third-order valence-corrected chi connectivity index (χ3v) is 3.74. The maximum atomic E-state index is 10.6. The Morgan fingerprint density at radius 2 is 2.47 bits per heavy atom. The summed E-state index contributed by atoms with van der Waals surface area (Å²) in [7, 11) is 2.02. The third kappa shape index (κ3) is 4.36. The summed E-state index contributed by atoms with van der Waals surface area (Å²) in [5.74, 6) is 0.268. The van der Waals surface area contributed by atoms with E-state index < -0.39 is 5.97 Å². The molecular formula is C14H22N2O3. The number of carboxylic acid groups (broad SMARTS) is 1. The van der Waals surface area contributed by atoms with Crippen LogP contribution in [-0.2, 0) is 11.3 Å². The molecule has 1 fully saturated rings. The summed E-state index contributed by atoms with van der Waals surface area (Å²) in [6, 6.07) is 4.36. The second-order valence-electron chi connectivity index (χ2n) is 5.23. The molecule has 0 radical (unpaired) electrons. The zero-order valence-corrected chi connectivity index (χ0v) is 11.4. The van der Waals surface area contributed by atoms with Crippen LogP contribution in [0.5, 0.6) is 0 Å². The molecule has 0 amide bonds. The number of piperidine rings is 1. The number of furan rings is 1. The predicted molar refractivity (Wildman–Crippen MR) is 71.9 cm³/mol. The van der Waals surface area contributed by atoms with E-state index in [0.29, 0.717) is 12.6 Å². The highest BCUT2D eigenvalue weighted by atomic mass is 16.4. The molecule has 1 saturated heterocycles. The number of carboxylic acids is 1. The zero-order chi connectivity index (χ0) is 13.7. The van der Waals surface area contributed by atoms with Gasteiger partial charge in [-0.2, -0.15) is 0 Å². The van der Waals surface area contributed by atoms with Crippen molar-refractivity contribution in [3.63, 3.8) is 0 Å². The van der Waals surface area contributed by atoms with Crippen molar-refractivity contribution in [2.75, 3.05) is 26.7 Å². The summed E-state index contributed by atoms with van der Waals surface area (Å²) in [6.07, 6.45) is 4.22. The molecule has 2 heterocycles. The van der Waals surface area contributed by atoms with Crippen LogP contribution >= 0.6 is 0 Å². The van der Waals surface area contributed by atoms with Gasteiger partial charge in [0.1, 0.15) is 5.76 Å². The molecule has 5 heteroatoms. The van der Waals surface area contributed by atoms with Crippen LogP contribution in [0.1, 0.15) is 25.0 Å². The fourth-order valence-corrected chi connectivity index (χ4v) is 2.61. The van der Waals surface area contributed by atoms with Gasteiger partial charge in [-0.15, -0.1) is 0 Å². The Balaban J connectivity index is 1.81. The Hall–Kier alpha value is -1.33. The molecule has 1 aliphatic rings. The van der Waals surface area contributed by atoms with Crippen molar-refractivity contribution < 1.29 is 14.3 Å². The molecule has 0 aromatic carbocycles. The van der Waals surface area contributed by atoms with Gasteiger partial charge >= 0.3 is 5.97 Å². The lowest BCUT2D eigenvalue weighted by atomic mass is 10.0. The standard InChI is InChI=1S/C14H22N2O3/c1-15(8-6-14(17)18)12-4-2-7-16(10-12)11-13-5-3-9-19-13/h3,5,9,12H,2,4,6-8,10-11H2,1H3,(H,17,18). The molecule has 5 nitrogen and oxygen atoms in total. The highest BCUT2D eigenvalue weighted by Gasteiger charge is 2.23. The first-order valence-corrected chi connectivity index (χ1v) is 6.82. The van der Waals surface area contributed by atoms with Gasteiger partial charge in [0.2, 0.25) is 0 Å². The number of likely N-dealkylation sites (N-methyl/N-ethyl adjacent to an activating group) is 1. The van der Waals surface area contributed by atoms with Crippen LogP contribution in [0.15, 0.2) is 22.8 Å². The van der Waals surface area contributed by atoms with E-state index in [9.17, 15) is 4.79 Å². The van der Waals surface area contributed by atoms with Crippen molar-refractivity contribution >= 4 is 5.97 Å². The first-order chi connectivity index (χ1) is 9.15. The molecule has 19 heavy (non-hydrogen) atoms. The van der Waals surface area contributed by atoms with Gasteiger partial charge in [-0.05, 0) is 38.6 Å². The molecule has 0 aliphatic carbocycles. The van der Waals surface area contributed by atoms with Crippen LogP contribution < -0.4 is 0 Å². The molecule has 1 atom stereocenters. The largest absolute Gasteiger partial charge is 0.481 e. The van der Waals surface area contributed by atoms with Gasteiger partial charge in [-0.3, -0.25) is 9.69 Å². The number of hydrogen-bond acceptors (Lipinski definition) is 4. The van der Waals surface area contributed by atoms with Gasteiger partial charge < -0.3 is 14.4 Å². The van der Waals surface area contributed by atoms with E-state index in [2.05, 4.69) is 9.80 Å². The molecule has 1 aromatic heterocycles. The van der Waals surface area contributed by atoms with E-state index in [1.54, 1.807) is 6.26 Å². The quantitative estimate of drug-likeness (QED) is 0.848. The highest BCUT2D eigenvalue weighted by molar-refractivity contribution is 5.66. The molecule has 1 unspecified atom stereocenters. The van der Waals surface area contributed by atoms with Crippen molar-refractivity contribution in [2.45, 2.75) is 31.8 Å². The summed E-state index contributed by atoms with van der Waals surface area (Å²) in [6.45, 7) is 3.53. The Labute approximate surface area is 113 Å². The number of nitrogens with zero attached hydrogens (tertiary/aromatic N) is 2. The molecule has 0 spiro atoms. The molecule has 2 rings (SSSR count). The number of likely N-dealkylation sites (tertiary alicyclic amines) is 1. The van der Waals surface area contributed by atoms with Crippen LogP contribution in [0.25, 0.3) is 0 Å². The van der Waals surface area contributed by atoms with Crippen LogP contribution in [-0.4, -0.2) is 53.6 Å². The third-order valence-electron chi connectivity index (χ3n) is 3.74. The van der Waals surface area contributed by atoms with E-state index in [1.165, 1.54) is 0 Å². The number of rotatable bonds is 6. The molecule has 1 aliphatic heterocycles. The van der Waals surface area contributed by atoms with E-state index in [4.69, 9.17) is 9.52 Å². The fourth-order valence-electron chi connectivity index (χ4n) is 2.61. The minimum absolute atomic E-state index is 0.213. The SMILES string of the molecule is CN(CCC(=O)O)C1CCCN(Cc2ccco2)C1. The topological polar surface area (TPSA) is 56.9 Å². The second kappa shape index (κ2) is 6.73. The lowest BCUT2D eigenvalue weighted by Gasteiger charge is -2.37. The molecule has 0 bridgehead atoms. The Bertz CT molecular complexity index is 391. The van der Waals surface area contributed by atoms with Gasteiger partial charge in [0.15, 0.2) is 0 Å². The van der Waals surface area contributed by atoms with E-state index in [0.717, 1.165) is 38.2 Å². The monoisotopic (exact) mass is 266 g/mol. The number of carbonyl (C=O) groups is 1. The van der Waals surface area contributed by atoms with Gasteiger partial charge in [0.05, 0.1) is 19.2 Å². The molecule has 0 saturated carbocycles. The predicted octanol–water partition coefficient (Wildman–Crippen LogP) is 1.65. The Morgan fingerprint density at radius 1 is 1.63 bits per heavy atom. The molecule has 1 N–H and O–H groups in total. The van der Waals surface area contributed by atoms with Crippen LogP contribution in [0.4, 0.5) is 0 Å². The first kappa shape index (κ1) is 14.1. The van der Waals surface area contributed by atoms with Crippen LogP contribution in [0, 0.1) is 0 Å².